The topological polar surface area (TPSA) is 167 Å². The molecule has 0 radical (unpaired) electrons. The van der Waals surface area contributed by atoms with E-state index in [0.717, 1.165) is 10.6 Å². The lowest BCUT2D eigenvalue weighted by Gasteiger charge is -2.25. The molecule has 15 heteroatoms. The van der Waals surface area contributed by atoms with Crippen LogP contribution in [0.5, 0.6) is 5.75 Å². The van der Waals surface area contributed by atoms with Crippen LogP contribution in [0.25, 0.3) is 0 Å². The third-order valence-corrected chi connectivity index (χ3v) is 7.10. The molecule has 2 aromatic rings. The van der Waals surface area contributed by atoms with E-state index < -0.39 is 61.4 Å². The molecular formula is C21H27ClN3O10P. The van der Waals surface area contributed by atoms with Crippen molar-refractivity contribution in [3.05, 3.63) is 63.4 Å². The molecule has 1 unspecified atom stereocenters. The summed E-state index contributed by atoms with van der Waals surface area (Å²) in [5.74, 6) is -0.372. The van der Waals surface area contributed by atoms with E-state index >= 15 is 0 Å². The number of carbonyl (C=O) groups excluding carboxylic acids is 1. The minimum absolute atomic E-state index is 0.156. The lowest BCUT2D eigenvalue weighted by Crippen LogP contribution is -2.35. The fourth-order valence-corrected chi connectivity index (χ4v) is 5.14. The van der Waals surface area contributed by atoms with Crippen molar-refractivity contribution in [1.82, 2.24) is 14.6 Å². The van der Waals surface area contributed by atoms with E-state index in [2.05, 4.69) is 10.1 Å². The average Bonchev–Trinajstić information content (AvgIpc) is 3.11. The summed E-state index contributed by atoms with van der Waals surface area (Å²) in [6.45, 7) is 0.764. The van der Waals surface area contributed by atoms with Crippen molar-refractivity contribution in [1.29, 1.82) is 0 Å². The molecule has 3 rings (SSSR count). The second kappa shape index (κ2) is 12.6. The number of H-pyrrole nitrogens is 1. The second-order valence-corrected chi connectivity index (χ2v) is 10.1. The molecule has 198 valence electrons. The lowest BCUT2D eigenvalue weighted by atomic mass is 10.2. The summed E-state index contributed by atoms with van der Waals surface area (Å²) < 4.78 is 41.2. The van der Waals surface area contributed by atoms with Gasteiger partial charge >= 0.3 is 19.4 Å². The molecule has 0 amide bonds. The van der Waals surface area contributed by atoms with Crippen molar-refractivity contribution in [3.63, 3.8) is 0 Å². The van der Waals surface area contributed by atoms with Crippen molar-refractivity contribution in [3.8, 4) is 5.75 Å². The van der Waals surface area contributed by atoms with E-state index in [0.29, 0.717) is 0 Å². The summed E-state index contributed by atoms with van der Waals surface area (Å²) in [5.41, 5.74) is -1.38. The fraction of sp³-hybridized carbons (Fsp3) is 0.476. The summed E-state index contributed by atoms with van der Waals surface area (Å²) in [5, 5.41) is 12.2. The molecule has 6 atom stereocenters. The van der Waals surface area contributed by atoms with Crippen LogP contribution in [0, 0.1) is 0 Å². The van der Waals surface area contributed by atoms with Gasteiger partial charge in [0.15, 0.2) is 6.23 Å². The van der Waals surface area contributed by atoms with E-state index in [-0.39, 0.29) is 19.0 Å². The highest BCUT2D eigenvalue weighted by Crippen LogP contribution is 2.46. The molecule has 1 aliphatic rings. The second-order valence-electron chi connectivity index (χ2n) is 7.86. The minimum atomic E-state index is -4.10. The Bertz CT molecular complexity index is 1180. The third kappa shape index (κ3) is 7.50. The van der Waals surface area contributed by atoms with Gasteiger partial charge in [0.25, 0.3) is 5.56 Å². The molecule has 1 aromatic heterocycles. The Balaban J connectivity index is 1.70. The van der Waals surface area contributed by atoms with Gasteiger partial charge in [0.1, 0.15) is 36.5 Å². The van der Waals surface area contributed by atoms with E-state index in [1.54, 1.807) is 37.3 Å². The van der Waals surface area contributed by atoms with Crippen LogP contribution < -0.4 is 20.9 Å². The highest BCUT2D eigenvalue weighted by atomic mass is 35.5. The number of para-hydroxylation sites is 1. The number of esters is 1. The fourth-order valence-electron chi connectivity index (χ4n) is 3.26. The van der Waals surface area contributed by atoms with E-state index in [1.807, 2.05) is 0 Å². The van der Waals surface area contributed by atoms with Crippen molar-refractivity contribution in [2.45, 2.75) is 36.8 Å². The summed E-state index contributed by atoms with van der Waals surface area (Å²) in [7, 11) is -2.75. The first kappa shape index (κ1) is 28.1. The van der Waals surface area contributed by atoms with Gasteiger partial charge in [-0.1, -0.05) is 18.2 Å². The molecule has 1 aromatic carbocycles. The van der Waals surface area contributed by atoms with Gasteiger partial charge in [-0.25, -0.2) is 19.2 Å². The third-order valence-electron chi connectivity index (χ3n) is 4.93. The number of aliphatic hydroxyl groups is 1. The number of benzene rings is 1. The van der Waals surface area contributed by atoms with Crippen LogP contribution in [-0.2, 0) is 28.1 Å². The molecule has 1 saturated heterocycles. The summed E-state index contributed by atoms with van der Waals surface area (Å²) in [6.07, 6.45) is -2.34. The number of nitrogens with zero attached hydrogens (tertiary/aromatic N) is 1. The molecule has 0 bridgehead atoms. The maximum Gasteiger partial charge on any atom is 0.459 e. The Labute approximate surface area is 210 Å². The first-order chi connectivity index (χ1) is 17.1. The normalized spacial score (nSPS) is 24.1. The van der Waals surface area contributed by atoms with Crippen LogP contribution in [0.3, 0.4) is 0 Å². The number of aromatic nitrogens is 2. The Morgan fingerprint density at radius 3 is 2.69 bits per heavy atom. The quantitative estimate of drug-likeness (QED) is 0.195. The van der Waals surface area contributed by atoms with Gasteiger partial charge in [0.05, 0.1) is 6.61 Å². The number of nitrogens with one attached hydrogen (secondary N) is 2. The van der Waals surface area contributed by atoms with Crippen molar-refractivity contribution < 1.29 is 37.7 Å². The van der Waals surface area contributed by atoms with Gasteiger partial charge in [0, 0.05) is 25.4 Å². The number of carbonyl (C=O) groups is 1. The predicted molar refractivity (Wildman–Crippen MR) is 127 cm³/mol. The van der Waals surface area contributed by atoms with Gasteiger partial charge in [-0.15, -0.1) is 11.6 Å². The van der Waals surface area contributed by atoms with Crippen LogP contribution in [0.4, 0.5) is 0 Å². The molecular weight excluding hydrogens is 521 g/mol. The van der Waals surface area contributed by atoms with Gasteiger partial charge < -0.3 is 23.8 Å². The molecule has 0 spiro atoms. The summed E-state index contributed by atoms with van der Waals surface area (Å²) in [6, 6.07) is 8.66. The maximum absolute atomic E-state index is 13.6. The zero-order valence-corrected chi connectivity index (χ0v) is 21.1. The van der Waals surface area contributed by atoms with Crippen LogP contribution in [0.2, 0.25) is 0 Å². The number of aliphatic hydroxyl groups excluding tert-OH is 1. The Morgan fingerprint density at radius 1 is 1.31 bits per heavy atom. The number of halogens is 1. The lowest BCUT2D eigenvalue weighted by molar-refractivity contribution is -0.148. The highest BCUT2D eigenvalue weighted by molar-refractivity contribution is 7.52. The number of alkyl halides is 1. The molecule has 1 aliphatic heterocycles. The zero-order chi connectivity index (χ0) is 26.3. The van der Waals surface area contributed by atoms with Crippen molar-refractivity contribution >= 4 is 25.3 Å². The number of hydrogen-bond donors (Lipinski definition) is 3. The molecule has 36 heavy (non-hydrogen) atoms. The highest BCUT2D eigenvalue weighted by Gasteiger charge is 2.45. The SMILES string of the molecule is COCC(=O)OC[C@H](C)NP(=O)(OC[C@H]1O[C@@H](n2ccc(=O)[nH]c2=O)[C@@H](Cl)[C@@H]1O)Oc1ccccc1. The van der Waals surface area contributed by atoms with Crippen molar-refractivity contribution in [2.75, 3.05) is 26.9 Å². The zero-order valence-electron chi connectivity index (χ0n) is 19.4. The maximum atomic E-state index is 13.6. The number of aromatic amines is 1. The number of hydrogen-bond acceptors (Lipinski definition) is 10. The van der Waals surface area contributed by atoms with Crippen LogP contribution in [-0.4, -0.2) is 71.2 Å². The van der Waals surface area contributed by atoms with E-state index in [9.17, 15) is 24.1 Å². The minimum Gasteiger partial charge on any atom is -0.462 e. The predicted octanol–water partition coefficient (Wildman–Crippen LogP) is 0.774. The molecule has 0 aliphatic carbocycles. The molecule has 2 heterocycles. The first-order valence-corrected chi connectivity index (χ1v) is 12.8. The molecule has 0 saturated carbocycles. The van der Waals surface area contributed by atoms with Gasteiger partial charge in [0.2, 0.25) is 0 Å². The van der Waals surface area contributed by atoms with Crippen LogP contribution in [0.15, 0.2) is 52.2 Å². The van der Waals surface area contributed by atoms with Gasteiger partial charge in [-0.2, -0.15) is 0 Å². The first-order valence-electron chi connectivity index (χ1n) is 10.8. The van der Waals surface area contributed by atoms with Crippen molar-refractivity contribution in [2.24, 2.45) is 0 Å². The molecule has 13 nitrogen and oxygen atoms in total. The largest absolute Gasteiger partial charge is 0.462 e. The molecule has 3 N–H and O–H groups in total. The standard InChI is InChI=1S/C21H27ClN3O10P/c1-13(10-32-17(27)12-31-2)24-36(30,35-14-6-4-3-5-7-14)33-11-15-19(28)18(22)20(34-15)25-9-8-16(26)23-21(25)29/h3-9,13,15,18-20,28H,10-12H2,1-2H3,(H,24,30)(H,23,26,29)/t13-,15+,18-,19+,20+,36?/m0/s1. The summed E-state index contributed by atoms with van der Waals surface area (Å²) in [4.78, 5) is 37.1. The summed E-state index contributed by atoms with van der Waals surface area (Å²) >= 11 is 6.27. The van der Waals surface area contributed by atoms with Crippen LogP contribution in [0.1, 0.15) is 13.2 Å². The van der Waals surface area contributed by atoms with Gasteiger partial charge in [-0.05, 0) is 19.1 Å². The average molecular weight is 548 g/mol. The Morgan fingerprint density at radius 2 is 2.03 bits per heavy atom. The number of rotatable bonds is 12. The van der Waals surface area contributed by atoms with E-state index in [4.69, 9.17) is 34.9 Å². The van der Waals surface area contributed by atoms with E-state index in [1.165, 1.54) is 13.3 Å². The number of ether oxygens (including phenoxy) is 3. The van der Waals surface area contributed by atoms with Gasteiger partial charge in [-0.3, -0.25) is 18.9 Å². The van der Waals surface area contributed by atoms with Crippen LogP contribution >= 0.6 is 19.3 Å². The number of methoxy groups -OCH3 is 1. The Kier molecular flexibility index (Phi) is 9.85. The Hall–Kier alpha value is -2.51. The molecule has 1 fully saturated rings. The smallest absolute Gasteiger partial charge is 0.459 e. The monoisotopic (exact) mass is 547 g/mol.